The van der Waals surface area contributed by atoms with E-state index in [1.165, 1.54) is 5.56 Å². The second-order valence-corrected chi connectivity index (χ2v) is 8.73. The Hall–Kier alpha value is -2.48. The summed E-state index contributed by atoms with van der Waals surface area (Å²) in [6.45, 7) is 3.43. The van der Waals surface area contributed by atoms with E-state index in [9.17, 15) is 9.90 Å². The number of aliphatic hydroxyl groups is 1. The molecule has 2 amide bonds. The van der Waals surface area contributed by atoms with Gasteiger partial charge in [0.25, 0.3) is 0 Å². The molecule has 5 rings (SSSR count). The lowest BCUT2D eigenvalue weighted by Crippen LogP contribution is -2.69. The zero-order chi connectivity index (χ0) is 20.7. The number of carbonyl (C=O) groups excluding carboxylic acids is 1. The minimum Gasteiger partial charge on any atom is -0.492 e. The van der Waals surface area contributed by atoms with Crippen LogP contribution in [0, 0.1) is 0 Å². The van der Waals surface area contributed by atoms with Crippen LogP contribution in [-0.4, -0.2) is 67.1 Å². The summed E-state index contributed by atoms with van der Waals surface area (Å²) in [5.41, 5.74) is 2.94. The van der Waals surface area contributed by atoms with Crippen LogP contribution in [0.25, 0.3) is 11.1 Å². The summed E-state index contributed by atoms with van der Waals surface area (Å²) in [7, 11) is 0. The van der Waals surface area contributed by atoms with Crippen molar-refractivity contribution >= 4 is 17.6 Å². The first kappa shape index (κ1) is 19.5. The highest BCUT2D eigenvalue weighted by molar-refractivity contribution is 6.31. The number of rotatable bonds is 6. The Morgan fingerprint density at radius 2 is 2.17 bits per heavy atom. The summed E-state index contributed by atoms with van der Waals surface area (Å²) in [6.07, 6.45) is 0.274. The first-order valence-corrected chi connectivity index (χ1v) is 10.5. The molecule has 0 saturated carbocycles. The minimum atomic E-state index is -0.640. The maximum Gasteiger partial charge on any atom is 0.315 e. The number of likely N-dealkylation sites (tertiary alicyclic amines) is 1. The van der Waals surface area contributed by atoms with Gasteiger partial charge in [-0.2, -0.15) is 0 Å². The second kappa shape index (κ2) is 7.65. The number of halogens is 1. The summed E-state index contributed by atoms with van der Waals surface area (Å²) >= 11 is 6.33. The number of hydrogen-bond donors (Lipinski definition) is 3. The third-order valence-corrected chi connectivity index (χ3v) is 6.04. The Balaban J connectivity index is 1.20. The lowest BCUT2D eigenvalue weighted by atomic mass is 9.91. The van der Waals surface area contributed by atoms with Crippen molar-refractivity contribution in [2.75, 3.05) is 39.4 Å². The highest BCUT2D eigenvalue weighted by Crippen LogP contribution is 2.39. The third kappa shape index (κ3) is 3.80. The Morgan fingerprint density at radius 3 is 2.97 bits per heavy atom. The van der Waals surface area contributed by atoms with Crippen molar-refractivity contribution in [3.63, 3.8) is 0 Å². The number of nitrogens with zero attached hydrogens (tertiary/aromatic N) is 1. The number of amides is 2. The lowest BCUT2D eigenvalue weighted by molar-refractivity contribution is 0.00541. The number of para-hydroxylation sites is 1. The van der Waals surface area contributed by atoms with Gasteiger partial charge in [-0.1, -0.05) is 29.8 Å². The van der Waals surface area contributed by atoms with E-state index in [1.807, 2.05) is 24.3 Å². The van der Waals surface area contributed by atoms with Crippen LogP contribution in [0.4, 0.5) is 4.79 Å². The summed E-state index contributed by atoms with van der Waals surface area (Å²) in [6, 6.07) is 11.6. The molecule has 2 fully saturated rings. The van der Waals surface area contributed by atoms with E-state index in [0.717, 1.165) is 36.4 Å². The fourth-order valence-corrected chi connectivity index (χ4v) is 4.72. The number of hydrogen-bond acceptors (Lipinski definition) is 5. The van der Waals surface area contributed by atoms with Gasteiger partial charge >= 0.3 is 6.03 Å². The van der Waals surface area contributed by atoms with Crippen LogP contribution in [0.2, 0.25) is 5.02 Å². The molecule has 0 aromatic heterocycles. The molecule has 3 N–H and O–H groups in total. The van der Waals surface area contributed by atoms with Gasteiger partial charge in [0.2, 0.25) is 0 Å². The number of aliphatic hydroxyl groups excluding tert-OH is 1. The van der Waals surface area contributed by atoms with Crippen LogP contribution in [0.15, 0.2) is 36.4 Å². The standard InChI is InChI=1S/C22H24ClN3O4/c23-16-6-15(19-3-1-2-14-4-5-29-20(14)19)7-18(8-16)30-10-17(27)9-26-12-22(13-26)11-24-21(28)25-22/h1-3,6-8,17,27H,4-5,9-13H2,(H2,24,25,28). The van der Waals surface area contributed by atoms with E-state index < -0.39 is 6.10 Å². The average Bonchev–Trinajstić information content (AvgIpc) is 3.32. The second-order valence-electron chi connectivity index (χ2n) is 8.29. The van der Waals surface area contributed by atoms with Crippen LogP contribution in [0.3, 0.4) is 0 Å². The SMILES string of the molecule is O=C1NCC2(CN(CC(O)COc3cc(Cl)cc(-c4cccc5c4OCC5)c3)C2)N1. The molecular weight excluding hydrogens is 406 g/mol. The minimum absolute atomic E-state index is 0.121. The Kier molecular flexibility index (Phi) is 4.97. The van der Waals surface area contributed by atoms with Crippen molar-refractivity contribution in [2.45, 2.75) is 18.1 Å². The molecule has 1 spiro atoms. The van der Waals surface area contributed by atoms with Crippen LogP contribution >= 0.6 is 11.6 Å². The summed E-state index contributed by atoms with van der Waals surface area (Å²) in [4.78, 5) is 13.4. The molecule has 8 heteroatoms. The van der Waals surface area contributed by atoms with Crippen LogP contribution in [-0.2, 0) is 6.42 Å². The predicted molar refractivity (Wildman–Crippen MR) is 113 cm³/mol. The topological polar surface area (TPSA) is 83.1 Å². The molecule has 1 atom stereocenters. The molecule has 0 aliphatic carbocycles. The normalized spacial score (nSPS) is 20.1. The van der Waals surface area contributed by atoms with Gasteiger partial charge in [-0.3, -0.25) is 4.90 Å². The number of ether oxygens (including phenoxy) is 2. The Bertz CT molecular complexity index is 977. The van der Waals surface area contributed by atoms with E-state index in [2.05, 4.69) is 21.6 Å². The Labute approximate surface area is 179 Å². The molecule has 7 nitrogen and oxygen atoms in total. The summed E-state index contributed by atoms with van der Waals surface area (Å²) < 4.78 is 11.7. The Morgan fingerprint density at radius 1 is 1.30 bits per heavy atom. The monoisotopic (exact) mass is 429 g/mol. The van der Waals surface area contributed by atoms with Crippen molar-refractivity contribution in [3.05, 3.63) is 47.0 Å². The molecule has 0 bridgehead atoms. The fraction of sp³-hybridized carbons (Fsp3) is 0.409. The molecule has 2 saturated heterocycles. The van der Waals surface area contributed by atoms with Crippen molar-refractivity contribution in [2.24, 2.45) is 0 Å². The first-order chi connectivity index (χ1) is 14.5. The maximum absolute atomic E-state index is 11.3. The molecule has 3 heterocycles. The van der Waals surface area contributed by atoms with Gasteiger partial charge in [0.1, 0.15) is 24.2 Å². The largest absolute Gasteiger partial charge is 0.492 e. The number of nitrogens with one attached hydrogen (secondary N) is 2. The van der Waals surface area contributed by atoms with E-state index in [1.54, 1.807) is 6.07 Å². The molecule has 3 aliphatic rings. The van der Waals surface area contributed by atoms with E-state index in [0.29, 0.717) is 30.5 Å². The van der Waals surface area contributed by atoms with Gasteiger partial charge in [-0.05, 0) is 29.3 Å². The lowest BCUT2D eigenvalue weighted by Gasteiger charge is -2.47. The third-order valence-electron chi connectivity index (χ3n) is 5.83. The molecule has 1 unspecified atom stereocenters. The van der Waals surface area contributed by atoms with Gasteiger partial charge in [-0.25, -0.2) is 4.79 Å². The van der Waals surface area contributed by atoms with Gasteiger partial charge in [-0.15, -0.1) is 0 Å². The highest BCUT2D eigenvalue weighted by Gasteiger charge is 2.47. The first-order valence-electron chi connectivity index (χ1n) is 10.1. The van der Waals surface area contributed by atoms with Crippen molar-refractivity contribution in [1.29, 1.82) is 0 Å². The van der Waals surface area contributed by atoms with Crippen molar-refractivity contribution < 1.29 is 19.4 Å². The molecule has 0 radical (unpaired) electrons. The van der Waals surface area contributed by atoms with Crippen LogP contribution in [0.5, 0.6) is 11.5 Å². The number of fused-ring (bicyclic) bond motifs is 1. The smallest absolute Gasteiger partial charge is 0.315 e. The van der Waals surface area contributed by atoms with Crippen molar-refractivity contribution in [1.82, 2.24) is 15.5 Å². The number of β-amino-alcohol motifs (C(OH)–C–C–N with tert-alkyl or cyclic N) is 1. The van der Waals surface area contributed by atoms with Gasteiger partial charge in [0.05, 0.1) is 12.1 Å². The molecule has 158 valence electrons. The fourth-order valence-electron chi connectivity index (χ4n) is 4.50. The summed E-state index contributed by atoms with van der Waals surface area (Å²) in [5, 5.41) is 16.7. The van der Waals surface area contributed by atoms with Gasteiger partial charge in [0.15, 0.2) is 0 Å². The molecule has 2 aromatic rings. The molecule has 30 heavy (non-hydrogen) atoms. The molecular formula is C22H24ClN3O4. The predicted octanol–water partition coefficient (Wildman–Crippen LogP) is 2.05. The summed E-state index contributed by atoms with van der Waals surface area (Å²) in [5.74, 6) is 1.52. The zero-order valence-corrected chi connectivity index (χ0v) is 17.2. The van der Waals surface area contributed by atoms with Crippen molar-refractivity contribution in [3.8, 4) is 22.6 Å². The van der Waals surface area contributed by atoms with E-state index >= 15 is 0 Å². The molecule has 2 aromatic carbocycles. The maximum atomic E-state index is 11.3. The van der Waals surface area contributed by atoms with Crippen LogP contribution in [0.1, 0.15) is 5.56 Å². The van der Waals surface area contributed by atoms with Gasteiger partial charge in [0, 0.05) is 43.2 Å². The number of benzene rings is 2. The van der Waals surface area contributed by atoms with Gasteiger partial charge < -0.3 is 25.2 Å². The number of carbonyl (C=O) groups is 1. The van der Waals surface area contributed by atoms with E-state index in [4.69, 9.17) is 21.1 Å². The quantitative estimate of drug-likeness (QED) is 0.654. The van der Waals surface area contributed by atoms with Crippen LogP contribution < -0.4 is 20.1 Å². The molecule has 3 aliphatic heterocycles. The number of urea groups is 1. The zero-order valence-electron chi connectivity index (χ0n) is 16.5. The van der Waals surface area contributed by atoms with E-state index in [-0.39, 0.29) is 18.2 Å². The highest BCUT2D eigenvalue weighted by atomic mass is 35.5. The average molecular weight is 430 g/mol.